The summed E-state index contributed by atoms with van der Waals surface area (Å²) in [6.07, 6.45) is 0. The van der Waals surface area contributed by atoms with Crippen molar-refractivity contribution in [3.8, 4) is 0 Å². The molecule has 6 heteroatoms. The van der Waals surface area contributed by atoms with E-state index in [0.29, 0.717) is 12.4 Å². The van der Waals surface area contributed by atoms with Crippen LogP contribution in [0.1, 0.15) is 17.3 Å². The van der Waals surface area contributed by atoms with Gasteiger partial charge in [-0.15, -0.1) is 10.2 Å². The third-order valence-corrected chi connectivity index (χ3v) is 2.88. The molecule has 1 aromatic carbocycles. The maximum atomic E-state index is 5.82. The molecule has 0 fully saturated rings. The number of anilines is 1. The molecule has 0 radical (unpaired) electrons. The Morgan fingerprint density at radius 2 is 1.94 bits per heavy atom. The molecular formula is C12H18N6. The van der Waals surface area contributed by atoms with Crippen LogP contribution in [0.2, 0.25) is 0 Å². The molecule has 0 amide bonds. The van der Waals surface area contributed by atoms with Crippen molar-refractivity contribution in [2.45, 2.75) is 5.92 Å². The second-order valence-corrected chi connectivity index (χ2v) is 4.41. The summed E-state index contributed by atoms with van der Waals surface area (Å²) < 4.78 is 0. The fourth-order valence-corrected chi connectivity index (χ4v) is 1.83. The first-order chi connectivity index (χ1) is 8.61. The van der Waals surface area contributed by atoms with Gasteiger partial charge in [0.05, 0.1) is 13.0 Å². The van der Waals surface area contributed by atoms with Gasteiger partial charge in [0.1, 0.15) is 0 Å². The molecule has 6 nitrogen and oxygen atoms in total. The number of tetrazole rings is 1. The molecule has 96 valence electrons. The maximum Gasteiger partial charge on any atom is 0.183 e. The van der Waals surface area contributed by atoms with Gasteiger partial charge in [0.15, 0.2) is 5.82 Å². The first kappa shape index (κ1) is 12.5. The second-order valence-electron chi connectivity index (χ2n) is 4.41. The van der Waals surface area contributed by atoms with E-state index in [-0.39, 0.29) is 5.92 Å². The van der Waals surface area contributed by atoms with Crippen molar-refractivity contribution < 1.29 is 0 Å². The van der Waals surface area contributed by atoms with Gasteiger partial charge in [-0.25, -0.2) is 0 Å². The summed E-state index contributed by atoms with van der Waals surface area (Å²) in [6.45, 7) is 0.465. The minimum absolute atomic E-state index is 0.00471. The standard InChI is InChI=1S/C12H18N6/c1-17(2)10-6-4-9(5-7-10)11(8-13)12-14-16-18(3)15-12/h4-7,11H,8,13H2,1-3H3. The molecule has 2 aromatic rings. The molecule has 0 saturated heterocycles. The number of nitrogens with two attached hydrogens (primary N) is 1. The Labute approximate surface area is 106 Å². The highest BCUT2D eigenvalue weighted by atomic mass is 15.6. The van der Waals surface area contributed by atoms with E-state index in [1.807, 2.05) is 14.1 Å². The molecule has 2 N–H and O–H groups in total. The minimum Gasteiger partial charge on any atom is -0.378 e. The topological polar surface area (TPSA) is 72.9 Å². The Kier molecular flexibility index (Phi) is 3.57. The largest absolute Gasteiger partial charge is 0.378 e. The van der Waals surface area contributed by atoms with Crippen LogP contribution in [0.5, 0.6) is 0 Å². The van der Waals surface area contributed by atoms with Crippen molar-refractivity contribution in [1.82, 2.24) is 20.2 Å². The molecule has 0 aliphatic carbocycles. The van der Waals surface area contributed by atoms with Crippen molar-refractivity contribution in [2.24, 2.45) is 12.8 Å². The summed E-state index contributed by atoms with van der Waals surface area (Å²) in [5, 5.41) is 12.1. The Hall–Kier alpha value is -1.95. The molecular weight excluding hydrogens is 228 g/mol. The summed E-state index contributed by atoms with van der Waals surface area (Å²) in [5.74, 6) is 0.660. The second kappa shape index (κ2) is 5.14. The zero-order valence-corrected chi connectivity index (χ0v) is 10.9. The van der Waals surface area contributed by atoms with Gasteiger partial charge in [-0.05, 0) is 22.9 Å². The number of hydrogen-bond acceptors (Lipinski definition) is 5. The van der Waals surface area contributed by atoms with Crippen molar-refractivity contribution >= 4 is 5.69 Å². The van der Waals surface area contributed by atoms with E-state index in [9.17, 15) is 0 Å². The van der Waals surface area contributed by atoms with E-state index in [4.69, 9.17) is 5.73 Å². The normalized spacial score (nSPS) is 12.4. The number of aryl methyl sites for hydroxylation is 1. The number of benzene rings is 1. The quantitative estimate of drug-likeness (QED) is 0.843. The van der Waals surface area contributed by atoms with E-state index in [1.54, 1.807) is 7.05 Å². The number of hydrogen-bond donors (Lipinski definition) is 1. The third kappa shape index (κ3) is 2.48. The van der Waals surface area contributed by atoms with Crippen LogP contribution < -0.4 is 10.6 Å². The Balaban J connectivity index is 2.28. The van der Waals surface area contributed by atoms with Crippen molar-refractivity contribution in [1.29, 1.82) is 0 Å². The van der Waals surface area contributed by atoms with E-state index >= 15 is 0 Å². The monoisotopic (exact) mass is 246 g/mol. The predicted molar refractivity (Wildman–Crippen MR) is 70.5 cm³/mol. The van der Waals surface area contributed by atoms with Gasteiger partial charge in [0, 0.05) is 26.3 Å². The Morgan fingerprint density at radius 1 is 1.28 bits per heavy atom. The average Bonchev–Trinajstić information content (AvgIpc) is 2.77. The molecule has 18 heavy (non-hydrogen) atoms. The van der Waals surface area contributed by atoms with Crippen molar-refractivity contribution in [3.05, 3.63) is 35.7 Å². The lowest BCUT2D eigenvalue weighted by molar-refractivity contribution is 0.624. The van der Waals surface area contributed by atoms with Gasteiger partial charge < -0.3 is 10.6 Å². The molecule has 1 heterocycles. The van der Waals surface area contributed by atoms with Gasteiger partial charge >= 0.3 is 0 Å². The summed E-state index contributed by atoms with van der Waals surface area (Å²) in [4.78, 5) is 3.51. The number of rotatable bonds is 4. The van der Waals surface area contributed by atoms with Gasteiger partial charge in [0.2, 0.25) is 0 Å². The van der Waals surface area contributed by atoms with Crippen LogP contribution in [-0.4, -0.2) is 40.8 Å². The summed E-state index contributed by atoms with van der Waals surface area (Å²) in [6, 6.07) is 8.25. The lowest BCUT2D eigenvalue weighted by atomic mass is 9.98. The highest BCUT2D eigenvalue weighted by Gasteiger charge is 2.17. The van der Waals surface area contributed by atoms with Crippen LogP contribution in [0.4, 0.5) is 5.69 Å². The van der Waals surface area contributed by atoms with Crippen LogP contribution in [0.3, 0.4) is 0 Å². The molecule has 0 spiro atoms. The predicted octanol–water partition coefficient (Wildman–Crippen LogP) is 0.367. The maximum absolute atomic E-state index is 5.82. The van der Waals surface area contributed by atoms with Gasteiger partial charge in [-0.1, -0.05) is 12.1 Å². The lowest BCUT2D eigenvalue weighted by Gasteiger charge is -2.15. The summed E-state index contributed by atoms with van der Waals surface area (Å²) in [7, 11) is 5.78. The minimum atomic E-state index is -0.00471. The highest BCUT2D eigenvalue weighted by Crippen LogP contribution is 2.22. The van der Waals surface area contributed by atoms with Crippen LogP contribution in [0, 0.1) is 0 Å². The molecule has 1 unspecified atom stereocenters. The highest BCUT2D eigenvalue weighted by molar-refractivity contribution is 5.47. The van der Waals surface area contributed by atoms with E-state index in [0.717, 1.165) is 11.3 Å². The van der Waals surface area contributed by atoms with E-state index in [2.05, 4.69) is 44.6 Å². The molecule has 1 aromatic heterocycles. The van der Waals surface area contributed by atoms with E-state index in [1.165, 1.54) is 4.80 Å². The van der Waals surface area contributed by atoms with Gasteiger partial charge in [-0.3, -0.25) is 0 Å². The zero-order valence-electron chi connectivity index (χ0n) is 10.9. The average molecular weight is 246 g/mol. The lowest BCUT2D eigenvalue weighted by Crippen LogP contribution is -2.16. The summed E-state index contributed by atoms with van der Waals surface area (Å²) in [5.41, 5.74) is 8.08. The Bertz CT molecular complexity index is 502. The Morgan fingerprint density at radius 3 is 2.39 bits per heavy atom. The fraction of sp³-hybridized carbons (Fsp3) is 0.417. The zero-order chi connectivity index (χ0) is 13.1. The van der Waals surface area contributed by atoms with Gasteiger partial charge in [-0.2, -0.15) is 4.80 Å². The SMILES string of the molecule is CN(C)c1ccc(C(CN)c2nnn(C)n2)cc1. The molecule has 0 bridgehead atoms. The van der Waals surface area contributed by atoms with Gasteiger partial charge in [0.25, 0.3) is 0 Å². The summed E-state index contributed by atoms with van der Waals surface area (Å²) >= 11 is 0. The molecule has 0 aliphatic heterocycles. The number of aromatic nitrogens is 4. The van der Waals surface area contributed by atoms with Crippen LogP contribution in [0.25, 0.3) is 0 Å². The van der Waals surface area contributed by atoms with Crippen LogP contribution in [-0.2, 0) is 7.05 Å². The molecule has 0 aliphatic rings. The van der Waals surface area contributed by atoms with Crippen molar-refractivity contribution in [2.75, 3.05) is 25.5 Å². The number of nitrogens with zero attached hydrogens (tertiary/aromatic N) is 5. The van der Waals surface area contributed by atoms with Crippen LogP contribution >= 0.6 is 0 Å². The molecule has 1 atom stereocenters. The van der Waals surface area contributed by atoms with Crippen LogP contribution in [0.15, 0.2) is 24.3 Å². The first-order valence-electron chi connectivity index (χ1n) is 5.83. The van der Waals surface area contributed by atoms with Crippen molar-refractivity contribution in [3.63, 3.8) is 0 Å². The first-order valence-corrected chi connectivity index (χ1v) is 5.83. The van der Waals surface area contributed by atoms with E-state index < -0.39 is 0 Å². The smallest absolute Gasteiger partial charge is 0.183 e. The third-order valence-electron chi connectivity index (χ3n) is 2.88. The molecule has 0 saturated carbocycles. The molecule has 2 rings (SSSR count). The fourth-order valence-electron chi connectivity index (χ4n) is 1.83.